The Morgan fingerprint density at radius 3 is 2.86 bits per heavy atom. The molecule has 2 rings (SSSR count). The van der Waals surface area contributed by atoms with Crippen LogP contribution in [0.3, 0.4) is 0 Å². The summed E-state index contributed by atoms with van der Waals surface area (Å²) in [5.74, 6) is 0. The molecule has 0 aromatic rings. The topological polar surface area (TPSA) is 41.7 Å². The van der Waals surface area contributed by atoms with E-state index in [9.17, 15) is 0 Å². The minimum atomic E-state index is 0.562. The van der Waals surface area contributed by atoms with Crippen LogP contribution >= 0.6 is 0 Å². The van der Waals surface area contributed by atoms with Crippen LogP contribution in [0.1, 0.15) is 6.42 Å². The highest BCUT2D eigenvalue weighted by molar-refractivity contribution is 4.90. The zero-order chi connectivity index (χ0) is 9.97. The number of morpholine rings is 1. The Morgan fingerprint density at radius 2 is 2.21 bits per heavy atom. The third kappa shape index (κ3) is 2.08. The quantitative estimate of drug-likeness (QED) is 0.656. The predicted octanol–water partition coefficient (Wildman–Crippen LogP) is -0.650. The molecule has 0 aromatic heterocycles. The fraction of sp³-hybridized carbons (Fsp3) is 1.00. The molecule has 0 bridgehead atoms. The van der Waals surface area contributed by atoms with Crippen LogP contribution in [0.25, 0.3) is 0 Å². The van der Waals surface area contributed by atoms with E-state index in [-0.39, 0.29) is 0 Å². The number of nitrogens with zero attached hydrogens (tertiary/aromatic N) is 2. The molecule has 0 aromatic carbocycles. The van der Waals surface area contributed by atoms with E-state index < -0.39 is 0 Å². The van der Waals surface area contributed by atoms with E-state index >= 15 is 0 Å². The van der Waals surface area contributed by atoms with E-state index in [1.807, 2.05) is 0 Å². The van der Waals surface area contributed by atoms with Gasteiger partial charge in [0.2, 0.25) is 0 Å². The number of likely N-dealkylation sites (N-methyl/N-ethyl adjacent to an activating group) is 1. The van der Waals surface area contributed by atoms with Crippen LogP contribution in [0.2, 0.25) is 0 Å². The van der Waals surface area contributed by atoms with Gasteiger partial charge in [-0.2, -0.15) is 0 Å². The van der Waals surface area contributed by atoms with Gasteiger partial charge in [0.15, 0.2) is 0 Å². The molecule has 2 aliphatic rings. The Balaban J connectivity index is 1.86. The summed E-state index contributed by atoms with van der Waals surface area (Å²) < 4.78 is 5.50. The van der Waals surface area contributed by atoms with Gasteiger partial charge < -0.3 is 15.4 Å². The molecule has 82 valence electrons. The summed E-state index contributed by atoms with van der Waals surface area (Å²) in [4.78, 5) is 4.95. The first kappa shape index (κ1) is 10.4. The van der Waals surface area contributed by atoms with Crippen molar-refractivity contribution < 1.29 is 4.74 Å². The van der Waals surface area contributed by atoms with Crippen molar-refractivity contribution in [2.75, 3.05) is 46.4 Å². The second-order valence-electron chi connectivity index (χ2n) is 4.42. The SMILES string of the molecule is CN1CC(N2CCOCC2CCN)C1. The number of hydrogen-bond acceptors (Lipinski definition) is 4. The molecule has 2 heterocycles. The summed E-state index contributed by atoms with van der Waals surface area (Å²) >= 11 is 0. The average molecular weight is 199 g/mol. The highest BCUT2D eigenvalue weighted by Crippen LogP contribution is 2.19. The molecule has 2 saturated heterocycles. The highest BCUT2D eigenvalue weighted by Gasteiger charge is 2.34. The minimum absolute atomic E-state index is 0.562. The zero-order valence-corrected chi connectivity index (χ0v) is 8.98. The van der Waals surface area contributed by atoms with Gasteiger partial charge in [-0.05, 0) is 20.0 Å². The van der Waals surface area contributed by atoms with E-state index in [4.69, 9.17) is 10.5 Å². The van der Waals surface area contributed by atoms with Gasteiger partial charge in [0.25, 0.3) is 0 Å². The lowest BCUT2D eigenvalue weighted by molar-refractivity contribution is -0.0644. The Labute approximate surface area is 86.0 Å². The van der Waals surface area contributed by atoms with Gasteiger partial charge in [0.05, 0.1) is 13.2 Å². The molecule has 2 aliphatic heterocycles. The monoisotopic (exact) mass is 199 g/mol. The molecular formula is C10H21N3O. The summed E-state index contributed by atoms with van der Waals surface area (Å²) in [7, 11) is 2.18. The molecule has 0 saturated carbocycles. The van der Waals surface area contributed by atoms with Gasteiger partial charge in [-0.3, -0.25) is 4.90 Å². The standard InChI is InChI=1S/C10H21N3O/c1-12-6-10(7-12)13-4-5-14-8-9(13)2-3-11/h9-10H,2-8,11H2,1H3. The Morgan fingerprint density at radius 1 is 1.43 bits per heavy atom. The van der Waals surface area contributed by atoms with E-state index in [1.165, 1.54) is 13.1 Å². The Hall–Kier alpha value is -0.160. The fourth-order valence-electron chi connectivity index (χ4n) is 2.47. The van der Waals surface area contributed by atoms with E-state index in [2.05, 4.69) is 16.8 Å². The van der Waals surface area contributed by atoms with Gasteiger partial charge in [-0.1, -0.05) is 0 Å². The molecule has 0 aliphatic carbocycles. The number of rotatable bonds is 3. The van der Waals surface area contributed by atoms with Gasteiger partial charge in [-0.15, -0.1) is 0 Å². The number of ether oxygens (including phenoxy) is 1. The van der Waals surface area contributed by atoms with Gasteiger partial charge in [0.1, 0.15) is 0 Å². The van der Waals surface area contributed by atoms with Crippen molar-refractivity contribution in [3.63, 3.8) is 0 Å². The van der Waals surface area contributed by atoms with Crippen molar-refractivity contribution in [3.8, 4) is 0 Å². The zero-order valence-electron chi connectivity index (χ0n) is 8.98. The second-order valence-corrected chi connectivity index (χ2v) is 4.42. The molecule has 0 radical (unpaired) electrons. The third-order valence-electron chi connectivity index (χ3n) is 3.29. The van der Waals surface area contributed by atoms with Gasteiger partial charge in [-0.25, -0.2) is 0 Å². The van der Waals surface area contributed by atoms with Crippen molar-refractivity contribution in [2.24, 2.45) is 5.73 Å². The first-order valence-electron chi connectivity index (χ1n) is 5.53. The van der Waals surface area contributed by atoms with Crippen molar-refractivity contribution >= 4 is 0 Å². The van der Waals surface area contributed by atoms with E-state index in [0.717, 1.165) is 38.8 Å². The molecule has 4 nitrogen and oxygen atoms in total. The molecular weight excluding hydrogens is 178 g/mol. The Kier molecular flexibility index (Phi) is 3.38. The molecule has 2 N–H and O–H groups in total. The number of hydrogen-bond donors (Lipinski definition) is 1. The first-order chi connectivity index (χ1) is 6.81. The van der Waals surface area contributed by atoms with Crippen LogP contribution in [0.4, 0.5) is 0 Å². The minimum Gasteiger partial charge on any atom is -0.378 e. The van der Waals surface area contributed by atoms with Crippen molar-refractivity contribution in [2.45, 2.75) is 18.5 Å². The maximum atomic E-state index is 5.62. The first-order valence-corrected chi connectivity index (χ1v) is 5.53. The van der Waals surface area contributed by atoms with Crippen molar-refractivity contribution in [1.29, 1.82) is 0 Å². The smallest absolute Gasteiger partial charge is 0.0623 e. The van der Waals surface area contributed by atoms with Crippen molar-refractivity contribution in [1.82, 2.24) is 9.80 Å². The molecule has 1 atom stereocenters. The molecule has 0 spiro atoms. The van der Waals surface area contributed by atoms with Crippen LogP contribution < -0.4 is 5.73 Å². The molecule has 0 amide bonds. The maximum Gasteiger partial charge on any atom is 0.0623 e. The summed E-state index contributed by atoms with van der Waals surface area (Å²) in [6.45, 7) is 6.04. The number of likely N-dealkylation sites (tertiary alicyclic amines) is 1. The second kappa shape index (κ2) is 4.57. The van der Waals surface area contributed by atoms with Crippen molar-refractivity contribution in [3.05, 3.63) is 0 Å². The lowest BCUT2D eigenvalue weighted by atomic mass is 10.0. The maximum absolute atomic E-state index is 5.62. The fourth-order valence-corrected chi connectivity index (χ4v) is 2.47. The summed E-state index contributed by atoms with van der Waals surface area (Å²) in [5, 5.41) is 0. The van der Waals surface area contributed by atoms with Gasteiger partial charge in [0, 0.05) is 31.7 Å². The number of nitrogens with two attached hydrogens (primary N) is 1. The molecule has 14 heavy (non-hydrogen) atoms. The largest absolute Gasteiger partial charge is 0.378 e. The van der Waals surface area contributed by atoms with Crippen LogP contribution in [0.15, 0.2) is 0 Å². The molecule has 2 fully saturated rings. The normalized spacial score (nSPS) is 31.7. The lowest BCUT2D eigenvalue weighted by Crippen LogP contribution is -2.63. The summed E-state index contributed by atoms with van der Waals surface area (Å²) in [6.07, 6.45) is 1.07. The summed E-state index contributed by atoms with van der Waals surface area (Å²) in [5.41, 5.74) is 5.62. The third-order valence-corrected chi connectivity index (χ3v) is 3.29. The molecule has 4 heteroatoms. The summed E-state index contributed by atoms with van der Waals surface area (Å²) in [6, 6.07) is 1.31. The van der Waals surface area contributed by atoms with Crippen LogP contribution in [0, 0.1) is 0 Å². The highest BCUT2D eigenvalue weighted by atomic mass is 16.5. The van der Waals surface area contributed by atoms with Crippen LogP contribution in [-0.2, 0) is 4.74 Å². The molecule has 1 unspecified atom stereocenters. The van der Waals surface area contributed by atoms with E-state index in [1.54, 1.807) is 0 Å². The Bertz CT molecular complexity index is 180. The van der Waals surface area contributed by atoms with Gasteiger partial charge >= 0.3 is 0 Å². The van der Waals surface area contributed by atoms with E-state index in [0.29, 0.717) is 6.04 Å². The lowest BCUT2D eigenvalue weighted by Gasteiger charge is -2.48. The predicted molar refractivity (Wildman–Crippen MR) is 56.3 cm³/mol. The van der Waals surface area contributed by atoms with Crippen LogP contribution in [-0.4, -0.2) is 68.3 Å². The average Bonchev–Trinajstić information content (AvgIpc) is 2.15. The van der Waals surface area contributed by atoms with Crippen LogP contribution in [0.5, 0.6) is 0 Å².